The molecule has 0 saturated heterocycles. The van der Waals surface area contributed by atoms with Gasteiger partial charge in [-0.25, -0.2) is 9.18 Å². The van der Waals surface area contributed by atoms with Crippen molar-refractivity contribution in [1.29, 1.82) is 0 Å². The molecule has 3 rings (SSSR count). The highest BCUT2D eigenvalue weighted by Crippen LogP contribution is 2.40. The van der Waals surface area contributed by atoms with Crippen molar-refractivity contribution in [2.75, 3.05) is 13.1 Å². The maximum absolute atomic E-state index is 14.2. The number of nitrogens with zero attached hydrogens (tertiary/aromatic N) is 2. The van der Waals surface area contributed by atoms with Crippen LogP contribution in [0.2, 0.25) is 0 Å². The SMILES string of the molecule is CC(C)(C)C1CN(C(=O)O)CCc2cc(Oc3ccc([N+](=O)[O-])cc3F)ccc21. The van der Waals surface area contributed by atoms with Crippen molar-refractivity contribution in [3.8, 4) is 11.5 Å². The molecule has 8 heteroatoms. The number of rotatable bonds is 3. The number of ether oxygens (including phenoxy) is 1. The number of nitro groups is 1. The van der Waals surface area contributed by atoms with Gasteiger partial charge in [0, 0.05) is 25.1 Å². The Balaban J connectivity index is 1.93. The van der Waals surface area contributed by atoms with Gasteiger partial charge in [0.05, 0.1) is 11.0 Å². The monoisotopic (exact) mass is 402 g/mol. The summed E-state index contributed by atoms with van der Waals surface area (Å²) in [5.41, 5.74) is 1.50. The normalized spacial score (nSPS) is 16.7. The van der Waals surface area contributed by atoms with E-state index in [4.69, 9.17) is 4.74 Å². The Kier molecular flexibility index (Phi) is 5.46. The fourth-order valence-electron chi connectivity index (χ4n) is 3.59. The first-order valence-corrected chi connectivity index (χ1v) is 9.28. The van der Waals surface area contributed by atoms with Crippen molar-refractivity contribution in [1.82, 2.24) is 4.90 Å². The smallest absolute Gasteiger partial charge is 0.407 e. The van der Waals surface area contributed by atoms with E-state index in [0.29, 0.717) is 25.3 Å². The molecule has 1 N–H and O–H groups in total. The van der Waals surface area contributed by atoms with Crippen LogP contribution in [-0.2, 0) is 6.42 Å². The van der Waals surface area contributed by atoms with Gasteiger partial charge in [0.25, 0.3) is 5.69 Å². The van der Waals surface area contributed by atoms with Gasteiger partial charge in [0.1, 0.15) is 5.75 Å². The first kappa shape index (κ1) is 20.6. The summed E-state index contributed by atoms with van der Waals surface area (Å²) >= 11 is 0. The summed E-state index contributed by atoms with van der Waals surface area (Å²) in [4.78, 5) is 23.1. The third-order valence-corrected chi connectivity index (χ3v) is 5.21. The summed E-state index contributed by atoms with van der Waals surface area (Å²) in [6.45, 7) is 6.99. The largest absolute Gasteiger partial charge is 0.465 e. The van der Waals surface area contributed by atoms with E-state index in [9.17, 15) is 24.4 Å². The zero-order chi connectivity index (χ0) is 21.3. The minimum Gasteiger partial charge on any atom is -0.465 e. The Labute approximate surface area is 167 Å². The number of hydrogen-bond donors (Lipinski definition) is 1. The van der Waals surface area contributed by atoms with E-state index in [1.54, 1.807) is 12.1 Å². The van der Waals surface area contributed by atoms with Gasteiger partial charge in [-0.1, -0.05) is 26.8 Å². The van der Waals surface area contributed by atoms with Crippen molar-refractivity contribution >= 4 is 11.8 Å². The van der Waals surface area contributed by atoms with E-state index in [1.165, 1.54) is 17.0 Å². The first-order valence-electron chi connectivity index (χ1n) is 9.28. The van der Waals surface area contributed by atoms with Crippen LogP contribution in [0.25, 0.3) is 0 Å². The third kappa shape index (κ3) is 4.47. The lowest BCUT2D eigenvalue weighted by atomic mass is 9.75. The van der Waals surface area contributed by atoms with E-state index < -0.39 is 16.8 Å². The molecule has 29 heavy (non-hydrogen) atoms. The van der Waals surface area contributed by atoms with Crippen LogP contribution in [0.5, 0.6) is 11.5 Å². The first-order chi connectivity index (χ1) is 13.6. The summed E-state index contributed by atoms with van der Waals surface area (Å²) in [6, 6.07) is 8.63. The quantitative estimate of drug-likeness (QED) is 0.563. The summed E-state index contributed by atoms with van der Waals surface area (Å²) in [5, 5.41) is 20.2. The van der Waals surface area contributed by atoms with Gasteiger partial charge >= 0.3 is 6.09 Å². The summed E-state index contributed by atoms with van der Waals surface area (Å²) in [6.07, 6.45) is -0.426. The lowest BCUT2D eigenvalue weighted by molar-refractivity contribution is -0.385. The molecule has 1 unspecified atom stereocenters. The van der Waals surface area contributed by atoms with Gasteiger partial charge in [0.2, 0.25) is 0 Å². The number of carboxylic acid groups (broad SMARTS) is 1. The number of halogens is 1. The van der Waals surface area contributed by atoms with Crippen LogP contribution in [0.15, 0.2) is 36.4 Å². The van der Waals surface area contributed by atoms with Crippen LogP contribution in [0.3, 0.4) is 0 Å². The van der Waals surface area contributed by atoms with Gasteiger partial charge in [0.15, 0.2) is 11.6 Å². The molecule has 0 saturated carbocycles. The number of carbonyl (C=O) groups is 1. The Morgan fingerprint density at radius 3 is 2.59 bits per heavy atom. The summed E-state index contributed by atoms with van der Waals surface area (Å²) in [5.74, 6) is -0.531. The maximum Gasteiger partial charge on any atom is 0.407 e. The van der Waals surface area contributed by atoms with E-state index in [2.05, 4.69) is 20.8 Å². The fraction of sp³-hybridized carbons (Fsp3) is 0.381. The molecule has 7 nitrogen and oxygen atoms in total. The summed E-state index contributed by atoms with van der Waals surface area (Å²) in [7, 11) is 0. The average Bonchev–Trinajstić information content (AvgIpc) is 2.82. The highest BCUT2D eigenvalue weighted by atomic mass is 19.1. The van der Waals surface area contributed by atoms with Crippen LogP contribution >= 0.6 is 0 Å². The van der Waals surface area contributed by atoms with Crippen molar-refractivity contribution in [2.45, 2.75) is 33.1 Å². The minimum atomic E-state index is -0.948. The number of amides is 1. The molecule has 0 aliphatic carbocycles. The fourth-order valence-corrected chi connectivity index (χ4v) is 3.59. The van der Waals surface area contributed by atoms with Gasteiger partial charge in [-0.3, -0.25) is 10.1 Å². The number of fused-ring (bicyclic) bond motifs is 1. The number of nitro benzene ring substituents is 1. The molecular formula is C21H23FN2O5. The Morgan fingerprint density at radius 2 is 2.00 bits per heavy atom. The highest BCUT2D eigenvalue weighted by molar-refractivity contribution is 5.65. The molecule has 1 aliphatic heterocycles. The lowest BCUT2D eigenvalue weighted by Crippen LogP contribution is -2.36. The minimum absolute atomic E-state index is 0.00117. The molecule has 1 aliphatic rings. The highest BCUT2D eigenvalue weighted by Gasteiger charge is 2.33. The summed E-state index contributed by atoms with van der Waals surface area (Å²) < 4.78 is 19.8. The second kappa shape index (κ2) is 7.69. The van der Waals surface area contributed by atoms with Crippen LogP contribution in [0.1, 0.15) is 37.8 Å². The number of non-ortho nitro benzene ring substituents is 1. The Bertz CT molecular complexity index is 955. The van der Waals surface area contributed by atoms with Crippen LogP contribution < -0.4 is 4.74 Å². The second-order valence-corrected chi connectivity index (χ2v) is 8.23. The Morgan fingerprint density at radius 1 is 1.28 bits per heavy atom. The molecular weight excluding hydrogens is 379 g/mol. The standard InChI is InChI=1S/C21H23FN2O5/c1-21(2,3)17-12-23(20(25)26)9-8-13-10-15(5-6-16(13)17)29-19-7-4-14(24(27)28)11-18(19)22/h4-7,10-11,17H,8-9,12H2,1-3H3,(H,25,26). The van der Waals surface area contributed by atoms with Gasteiger partial charge < -0.3 is 14.7 Å². The van der Waals surface area contributed by atoms with Crippen molar-refractivity contribution < 1.29 is 24.0 Å². The van der Waals surface area contributed by atoms with E-state index >= 15 is 0 Å². The number of benzene rings is 2. The van der Waals surface area contributed by atoms with E-state index in [0.717, 1.165) is 17.2 Å². The second-order valence-electron chi connectivity index (χ2n) is 8.23. The van der Waals surface area contributed by atoms with Crippen molar-refractivity contribution in [3.05, 3.63) is 63.5 Å². The average molecular weight is 402 g/mol. The zero-order valence-corrected chi connectivity index (χ0v) is 16.5. The molecule has 154 valence electrons. The molecule has 2 aromatic rings. The molecule has 0 spiro atoms. The van der Waals surface area contributed by atoms with E-state index in [1.807, 2.05) is 6.07 Å². The molecule has 0 bridgehead atoms. The van der Waals surface area contributed by atoms with E-state index in [-0.39, 0.29) is 22.8 Å². The molecule has 0 radical (unpaired) electrons. The van der Waals surface area contributed by atoms with Crippen LogP contribution in [0.4, 0.5) is 14.9 Å². The Hall–Kier alpha value is -3.16. The van der Waals surface area contributed by atoms with Gasteiger partial charge in [-0.15, -0.1) is 0 Å². The third-order valence-electron chi connectivity index (χ3n) is 5.21. The lowest BCUT2D eigenvalue weighted by Gasteiger charge is -2.33. The molecule has 1 amide bonds. The topological polar surface area (TPSA) is 92.9 Å². The molecule has 1 heterocycles. The van der Waals surface area contributed by atoms with Gasteiger partial charge in [-0.2, -0.15) is 0 Å². The molecule has 0 aromatic heterocycles. The molecule has 0 fully saturated rings. The predicted molar refractivity (Wildman–Crippen MR) is 105 cm³/mol. The molecule has 2 aromatic carbocycles. The van der Waals surface area contributed by atoms with Crippen LogP contribution in [0, 0.1) is 21.3 Å². The predicted octanol–water partition coefficient (Wildman–Crippen LogP) is 5.19. The maximum atomic E-state index is 14.2. The van der Waals surface area contributed by atoms with Gasteiger partial charge in [-0.05, 0) is 41.2 Å². The number of hydrogen-bond acceptors (Lipinski definition) is 4. The van der Waals surface area contributed by atoms with Crippen molar-refractivity contribution in [2.24, 2.45) is 5.41 Å². The zero-order valence-electron chi connectivity index (χ0n) is 16.5. The molecule has 1 atom stereocenters. The van der Waals surface area contributed by atoms with Crippen LogP contribution in [-0.4, -0.2) is 34.1 Å². The van der Waals surface area contributed by atoms with Crippen molar-refractivity contribution in [3.63, 3.8) is 0 Å².